The lowest BCUT2D eigenvalue weighted by Gasteiger charge is -2.22. The van der Waals surface area contributed by atoms with E-state index in [1.165, 1.54) is 44.8 Å². The standard InChI is InChI=1S/C34H41NO3/c1-4-5-15-32(35-33(36)22-25-16-18-27(19-17-25)26-12-7-6-8-13-26)28-20-21-30(34(37)38-3)31(23-28)29-14-10-9-11-24(29)2/h9-11,14,16-21,23,26,32H,4-8,12-13,15,22H2,1-3H3,(H,35,36). The van der Waals surface area contributed by atoms with Crippen LogP contribution >= 0.6 is 0 Å². The molecule has 1 amide bonds. The largest absolute Gasteiger partial charge is 0.465 e. The highest BCUT2D eigenvalue weighted by Gasteiger charge is 2.21. The number of unbranched alkanes of at least 4 members (excludes halogenated alkanes) is 1. The first-order chi connectivity index (χ1) is 18.5. The summed E-state index contributed by atoms with van der Waals surface area (Å²) < 4.78 is 5.07. The number of methoxy groups -OCH3 is 1. The summed E-state index contributed by atoms with van der Waals surface area (Å²) in [6.07, 6.45) is 9.79. The van der Waals surface area contributed by atoms with Crippen LogP contribution < -0.4 is 5.32 Å². The summed E-state index contributed by atoms with van der Waals surface area (Å²) in [6.45, 7) is 4.20. The summed E-state index contributed by atoms with van der Waals surface area (Å²) in [5, 5.41) is 3.30. The summed E-state index contributed by atoms with van der Waals surface area (Å²) in [6, 6.07) is 22.4. The van der Waals surface area contributed by atoms with E-state index in [2.05, 4.69) is 36.5 Å². The number of amides is 1. The molecule has 0 radical (unpaired) electrons. The van der Waals surface area contributed by atoms with Gasteiger partial charge >= 0.3 is 5.97 Å². The summed E-state index contributed by atoms with van der Waals surface area (Å²) >= 11 is 0. The van der Waals surface area contributed by atoms with E-state index < -0.39 is 0 Å². The Bertz CT molecular complexity index is 1220. The van der Waals surface area contributed by atoms with Crippen molar-refractivity contribution in [3.8, 4) is 11.1 Å². The fraction of sp³-hybridized carbons (Fsp3) is 0.412. The number of ether oxygens (including phenoxy) is 1. The molecule has 3 aromatic carbocycles. The smallest absolute Gasteiger partial charge is 0.338 e. The molecule has 3 aromatic rings. The van der Waals surface area contributed by atoms with Crippen molar-refractivity contribution in [1.29, 1.82) is 0 Å². The van der Waals surface area contributed by atoms with Crippen molar-refractivity contribution in [2.45, 2.75) is 83.6 Å². The van der Waals surface area contributed by atoms with Gasteiger partial charge in [-0.2, -0.15) is 0 Å². The maximum Gasteiger partial charge on any atom is 0.338 e. The quantitative estimate of drug-likeness (QED) is 0.280. The molecule has 1 fully saturated rings. The Kier molecular flexibility index (Phi) is 9.75. The van der Waals surface area contributed by atoms with Gasteiger partial charge in [0.2, 0.25) is 5.91 Å². The van der Waals surface area contributed by atoms with Crippen molar-refractivity contribution < 1.29 is 14.3 Å². The lowest BCUT2D eigenvalue weighted by molar-refractivity contribution is -0.121. The number of rotatable bonds is 10. The number of hydrogen-bond donors (Lipinski definition) is 1. The van der Waals surface area contributed by atoms with Crippen LogP contribution in [0.5, 0.6) is 0 Å². The van der Waals surface area contributed by atoms with E-state index in [4.69, 9.17) is 4.74 Å². The second-order valence-corrected chi connectivity index (χ2v) is 10.6. The van der Waals surface area contributed by atoms with E-state index >= 15 is 0 Å². The van der Waals surface area contributed by atoms with Crippen LogP contribution in [-0.4, -0.2) is 19.0 Å². The molecule has 0 bridgehead atoms. The summed E-state index contributed by atoms with van der Waals surface area (Å²) in [4.78, 5) is 25.8. The van der Waals surface area contributed by atoms with Crippen LogP contribution in [0.1, 0.15) is 103 Å². The highest BCUT2D eigenvalue weighted by atomic mass is 16.5. The summed E-state index contributed by atoms with van der Waals surface area (Å²) in [7, 11) is 1.41. The Morgan fingerprint density at radius 1 is 0.947 bits per heavy atom. The maximum absolute atomic E-state index is 13.2. The summed E-state index contributed by atoms with van der Waals surface area (Å²) in [5.41, 5.74) is 6.90. The third kappa shape index (κ3) is 6.92. The lowest BCUT2D eigenvalue weighted by Crippen LogP contribution is -2.30. The molecule has 0 saturated heterocycles. The van der Waals surface area contributed by atoms with E-state index in [0.717, 1.165) is 47.1 Å². The molecular formula is C34H41NO3. The highest BCUT2D eigenvalue weighted by molar-refractivity contribution is 5.98. The van der Waals surface area contributed by atoms with Gasteiger partial charge in [0.25, 0.3) is 0 Å². The maximum atomic E-state index is 13.2. The number of benzene rings is 3. The van der Waals surface area contributed by atoms with Crippen LogP contribution in [0.15, 0.2) is 66.7 Å². The van der Waals surface area contributed by atoms with E-state index in [1.807, 2.05) is 49.4 Å². The minimum atomic E-state index is -0.361. The minimum absolute atomic E-state index is 0.0194. The molecule has 1 N–H and O–H groups in total. The van der Waals surface area contributed by atoms with Crippen molar-refractivity contribution in [3.05, 3.63) is 94.5 Å². The molecule has 1 aliphatic rings. The fourth-order valence-corrected chi connectivity index (χ4v) is 5.67. The van der Waals surface area contributed by atoms with Gasteiger partial charge in [0.05, 0.1) is 25.1 Å². The molecule has 4 heteroatoms. The van der Waals surface area contributed by atoms with E-state index in [-0.39, 0.29) is 17.9 Å². The highest BCUT2D eigenvalue weighted by Crippen LogP contribution is 2.33. The number of carbonyl (C=O) groups is 2. The molecule has 4 nitrogen and oxygen atoms in total. The van der Waals surface area contributed by atoms with E-state index in [0.29, 0.717) is 17.9 Å². The summed E-state index contributed by atoms with van der Waals surface area (Å²) in [5.74, 6) is 0.326. The molecular weight excluding hydrogens is 470 g/mol. The van der Waals surface area contributed by atoms with Crippen LogP contribution in [0, 0.1) is 6.92 Å². The molecule has 0 heterocycles. The van der Waals surface area contributed by atoms with Gasteiger partial charge in [0.1, 0.15) is 0 Å². The topological polar surface area (TPSA) is 55.4 Å². The van der Waals surface area contributed by atoms with Gasteiger partial charge in [-0.05, 0) is 77.6 Å². The first-order valence-electron chi connectivity index (χ1n) is 14.2. The van der Waals surface area contributed by atoms with Crippen LogP contribution in [0.2, 0.25) is 0 Å². The Morgan fingerprint density at radius 3 is 2.37 bits per heavy atom. The predicted octanol–water partition coefficient (Wildman–Crippen LogP) is 8.09. The molecule has 38 heavy (non-hydrogen) atoms. The molecule has 1 saturated carbocycles. The molecule has 1 aliphatic carbocycles. The van der Waals surface area contributed by atoms with Gasteiger partial charge in [-0.3, -0.25) is 4.79 Å². The number of esters is 1. The van der Waals surface area contributed by atoms with Crippen molar-refractivity contribution in [2.75, 3.05) is 7.11 Å². The van der Waals surface area contributed by atoms with Crippen molar-refractivity contribution >= 4 is 11.9 Å². The number of hydrogen-bond acceptors (Lipinski definition) is 3. The first-order valence-corrected chi connectivity index (χ1v) is 14.2. The zero-order valence-corrected chi connectivity index (χ0v) is 23.1. The molecule has 200 valence electrons. The second-order valence-electron chi connectivity index (χ2n) is 10.6. The number of carbonyl (C=O) groups excluding carboxylic acids is 2. The van der Waals surface area contributed by atoms with Crippen molar-refractivity contribution in [1.82, 2.24) is 5.32 Å². The molecule has 0 spiro atoms. The number of aryl methyl sites for hydroxylation is 1. The van der Waals surface area contributed by atoms with Crippen LogP contribution in [0.3, 0.4) is 0 Å². The third-order valence-corrected chi connectivity index (χ3v) is 7.89. The molecule has 1 atom stereocenters. The van der Waals surface area contributed by atoms with Gasteiger partial charge in [0.15, 0.2) is 0 Å². The van der Waals surface area contributed by atoms with E-state index in [9.17, 15) is 9.59 Å². The average molecular weight is 512 g/mol. The van der Waals surface area contributed by atoms with Crippen molar-refractivity contribution in [2.24, 2.45) is 0 Å². The normalized spacial score (nSPS) is 14.6. The van der Waals surface area contributed by atoms with Gasteiger partial charge in [-0.15, -0.1) is 0 Å². The van der Waals surface area contributed by atoms with Gasteiger partial charge in [-0.1, -0.05) is 93.6 Å². The Balaban J connectivity index is 1.54. The van der Waals surface area contributed by atoms with Gasteiger partial charge < -0.3 is 10.1 Å². The lowest BCUT2D eigenvalue weighted by atomic mass is 9.84. The Hall–Kier alpha value is -3.40. The van der Waals surface area contributed by atoms with Gasteiger partial charge in [-0.25, -0.2) is 4.79 Å². The Morgan fingerprint density at radius 2 is 1.68 bits per heavy atom. The van der Waals surface area contributed by atoms with E-state index in [1.54, 1.807) is 0 Å². The molecule has 4 rings (SSSR count). The zero-order valence-electron chi connectivity index (χ0n) is 23.1. The second kappa shape index (κ2) is 13.4. The third-order valence-electron chi connectivity index (χ3n) is 7.89. The average Bonchev–Trinajstić information content (AvgIpc) is 2.95. The molecule has 0 aromatic heterocycles. The van der Waals surface area contributed by atoms with Crippen LogP contribution in [0.25, 0.3) is 11.1 Å². The monoisotopic (exact) mass is 511 g/mol. The molecule has 1 unspecified atom stereocenters. The van der Waals surface area contributed by atoms with Gasteiger partial charge in [0, 0.05) is 0 Å². The van der Waals surface area contributed by atoms with Crippen LogP contribution in [-0.2, 0) is 16.0 Å². The SMILES string of the molecule is CCCCC(NC(=O)Cc1ccc(C2CCCCC2)cc1)c1ccc(C(=O)OC)c(-c2ccccc2C)c1. The fourth-order valence-electron chi connectivity index (χ4n) is 5.67. The van der Waals surface area contributed by atoms with Crippen LogP contribution in [0.4, 0.5) is 0 Å². The minimum Gasteiger partial charge on any atom is -0.465 e. The first kappa shape index (κ1) is 27.6. The molecule has 0 aliphatic heterocycles. The number of nitrogens with one attached hydrogen (secondary N) is 1. The van der Waals surface area contributed by atoms with Crippen molar-refractivity contribution in [3.63, 3.8) is 0 Å². The predicted molar refractivity (Wildman–Crippen MR) is 154 cm³/mol. The Labute approximate surface area is 227 Å². The zero-order chi connectivity index (χ0) is 26.9.